The molecule has 5 nitrogen and oxygen atoms in total. The first-order valence-corrected chi connectivity index (χ1v) is 6.94. The summed E-state index contributed by atoms with van der Waals surface area (Å²) >= 11 is 0. The Labute approximate surface area is 131 Å². The SMILES string of the molecule is C#CC(C)c1cc(OC)c(OC)cc1NC(=O)OC(C)(C)C. The van der Waals surface area contributed by atoms with Gasteiger partial charge in [-0.3, -0.25) is 5.32 Å². The molecule has 5 heteroatoms. The van der Waals surface area contributed by atoms with Gasteiger partial charge in [-0.15, -0.1) is 6.42 Å². The number of rotatable bonds is 4. The summed E-state index contributed by atoms with van der Waals surface area (Å²) in [5.41, 5.74) is 0.710. The number of hydrogen-bond acceptors (Lipinski definition) is 4. The van der Waals surface area contributed by atoms with Gasteiger partial charge in [-0.1, -0.05) is 5.92 Å². The second-order valence-electron chi connectivity index (χ2n) is 5.81. The molecule has 0 saturated heterocycles. The van der Waals surface area contributed by atoms with Crippen molar-refractivity contribution in [3.05, 3.63) is 17.7 Å². The van der Waals surface area contributed by atoms with Crippen LogP contribution in [0.15, 0.2) is 12.1 Å². The van der Waals surface area contributed by atoms with Crippen molar-refractivity contribution in [3.63, 3.8) is 0 Å². The number of anilines is 1. The van der Waals surface area contributed by atoms with E-state index in [1.165, 1.54) is 7.11 Å². The minimum absolute atomic E-state index is 0.204. The number of terminal acetylenes is 1. The molecule has 0 saturated carbocycles. The van der Waals surface area contributed by atoms with E-state index in [4.69, 9.17) is 20.6 Å². The van der Waals surface area contributed by atoms with Gasteiger partial charge in [-0.2, -0.15) is 0 Å². The summed E-state index contributed by atoms with van der Waals surface area (Å²) in [5.74, 6) is 3.49. The summed E-state index contributed by atoms with van der Waals surface area (Å²) in [6.07, 6.45) is 4.95. The molecule has 0 heterocycles. The van der Waals surface area contributed by atoms with Crippen LogP contribution in [0.4, 0.5) is 10.5 Å². The summed E-state index contributed by atoms with van der Waals surface area (Å²) in [5, 5.41) is 2.72. The maximum Gasteiger partial charge on any atom is 0.412 e. The first kappa shape index (κ1) is 17.7. The lowest BCUT2D eigenvalue weighted by molar-refractivity contribution is 0.0635. The lowest BCUT2D eigenvalue weighted by Gasteiger charge is -2.22. The number of hydrogen-bond donors (Lipinski definition) is 1. The molecule has 1 unspecified atom stereocenters. The van der Waals surface area contributed by atoms with Crippen LogP contribution in [-0.4, -0.2) is 25.9 Å². The molecule has 0 fully saturated rings. The van der Waals surface area contributed by atoms with Gasteiger partial charge in [0.2, 0.25) is 0 Å². The van der Waals surface area contributed by atoms with E-state index in [2.05, 4.69) is 11.2 Å². The molecule has 22 heavy (non-hydrogen) atoms. The number of ether oxygens (including phenoxy) is 3. The molecule has 0 aliphatic heterocycles. The lowest BCUT2D eigenvalue weighted by Crippen LogP contribution is -2.27. The molecule has 1 N–H and O–H groups in total. The first-order valence-electron chi connectivity index (χ1n) is 6.94. The number of methoxy groups -OCH3 is 2. The lowest BCUT2D eigenvalue weighted by atomic mass is 9.99. The van der Waals surface area contributed by atoms with Gasteiger partial charge < -0.3 is 14.2 Å². The van der Waals surface area contributed by atoms with Crippen molar-refractivity contribution in [1.29, 1.82) is 0 Å². The van der Waals surface area contributed by atoms with Crippen LogP contribution in [0.3, 0.4) is 0 Å². The fourth-order valence-electron chi connectivity index (χ4n) is 1.86. The van der Waals surface area contributed by atoms with E-state index in [-0.39, 0.29) is 5.92 Å². The predicted octanol–water partition coefficient (Wildman–Crippen LogP) is 3.79. The Morgan fingerprint density at radius 1 is 1.23 bits per heavy atom. The summed E-state index contributed by atoms with van der Waals surface area (Å²) in [7, 11) is 3.07. The van der Waals surface area contributed by atoms with Gasteiger partial charge in [0, 0.05) is 12.0 Å². The highest BCUT2D eigenvalue weighted by molar-refractivity contribution is 5.87. The minimum atomic E-state index is -0.585. The summed E-state index contributed by atoms with van der Waals surface area (Å²) < 4.78 is 15.8. The maximum atomic E-state index is 12.0. The molecule has 0 radical (unpaired) electrons. The molecule has 0 aromatic heterocycles. The molecular weight excluding hydrogens is 282 g/mol. The van der Waals surface area contributed by atoms with E-state index in [9.17, 15) is 4.79 Å². The normalized spacial score (nSPS) is 12.0. The van der Waals surface area contributed by atoms with Crippen molar-refractivity contribution in [1.82, 2.24) is 0 Å². The zero-order valence-corrected chi connectivity index (χ0v) is 13.9. The van der Waals surface area contributed by atoms with E-state index >= 15 is 0 Å². The molecule has 0 aliphatic carbocycles. The Kier molecular flexibility index (Phi) is 5.69. The average molecular weight is 305 g/mol. The van der Waals surface area contributed by atoms with Crippen molar-refractivity contribution < 1.29 is 19.0 Å². The molecule has 0 spiro atoms. The molecule has 1 aromatic carbocycles. The van der Waals surface area contributed by atoms with Crippen LogP contribution < -0.4 is 14.8 Å². The second-order valence-corrected chi connectivity index (χ2v) is 5.81. The Hall–Kier alpha value is -2.35. The Balaban J connectivity index is 3.21. The van der Waals surface area contributed by atoms with E-state index in [1.54, 1.807) is 40.0 Å². The van der Waals surface area contributed by atoms with E-state index in [0.29, 0.717) is 17.2 Å². The van der Waals surface area contributed by atoms with Gasteiger partial charge >= 0.3 is 6.09 Å². The Morgan fingerprint density at radius 2 is 1.77 bits per heavy atom. The molecule has 1 aromatic rings. The van der Waals surface area contributed by atoms with Gasteiger partial charge in [0.25, 0.3) is 0 Å². The van der Waals surface area contributed by atoms with Gasteiger partial charge in [-0.25, -0.2) is 4.79 Å². The Bertz CT molecular complexity index is 582. The number of nitrogens with one attached hydrogen (secondary N) is 1. The summed E-state index contributed by atoms with van der Waals surface area (Å²) in [4.78, 5) is 12.0. The quantitative estimate of drug-likeness (QED) is 0.860. The van der Waals surface area contributed by atoms with Gasteiger partial charge in [0.1, 0.15) is 5.60 Å². The Morgan fingerprint density at radius 3 is 2.23 bits per heavy atom. The standard InChI is InChI=1S/C17H23NO4/c1-8-11(2)12-9-14(20-6)15(21-7)10-13(12)18-16(19)22-17(3,4)5/h1,9-11H,2-7H3,(H,18,19). The van der Waals surface area contributed by atoms with Crippen LogP contribution in [-0.2, 0) is 4.74 Å². The van der Waals surface area contributed by atoms with Crippen molar-refractivity contribution in [2.45, 2.75) is 39.2 Å². The molecule has 1 atom stereocenters. The third-order valence-electron chi connectivity index (χ3n) is 2.91. The molecule has 1 rings (SSSR count). The van der Waals surface area contributed by atoms with Crippen molar-refractivity contribution in [2.24, 2.45) is 0 Å². The fourth-order valence-corrected chi connectivity index (χ4v) is 1.86. The van der Waals surface area contributed by atoms with Gasteiger partial charge in [-0.05, 0) is 39.3 Å². The molecular formula is C17H23NO4. The second kappa shape index (κ2) is 7.08. The predicted molar refractivity (Wildman–Crippen MR) is 86.7 cm³/mol. The van der Waals surface area contributed by atoms with Gasteiger partial charge in [0.15, 0.2) is 11.5 Å². The van der Waals surface area contributed by atoms with Crippen LogP contribution in [0.25, 0.3) is 0 Å². The summed E-state index contributed by atoms with van der Waals surface area (Å²) in [6.45, 7) is 7.26. The zero-order valence-electron chi connectivity index (χ0n) is 13.9. The third-order valence-corrected chi connectivity index (χ3v) is 2.91. The van der Waals surface area contributed by atoms with Crippen LogP contribution in [0.1, 0.15) is 39.2 Å². The zero-order chi connectivity index (χ0) is 16.9. The number of benzene rings is 1. The first-order chi connectivity index (χ1) is 10.2. The third kappa shape index (κ3) is 4.59. The van der Waals surface area contributed by atoms with E-state index in [0.717, 1.165) is 5.56 Å². The van der Waals surface area contributed by atoms with Crippen LogP contribution in [0.2, 0.25) is 0 Å². The maximum absolute atomic E-state index is 12.0. The largest absolute Gasteiger partial charge is 0.493 e. The van der Waals surface area contributed by atoms with E-state index in [1.807, 2.05) is 6.92 Å². The summed E-state index contributed by atoms with van der Waals surface area (Å²) in [6, 6.07) is 3.43. The van der Waals surface area contributed by atoms with Crippen molar-refractivity contribution in [3.8, 4) is 23.8 Å². The van der Waals surface area contributed by atoms with Crippen LogP contribution in [0, 0.1) is 12.3 Å². The number of amides is 1. The number of carbonyl (C=O) groups is 1. The minimum Gasteiger partial charge on any atom is -0.493 e. The van der Waals surface area contributed by atoms with E-state index < -0.39 is 11.7 Å². The molecule has 120 valence electrons. The van der Waals surface area contributed by atoms with Gasteiger partial charge in [0.05, 0.1) is 19.9 Å². The smallest absolute Gasteiger partial charge is 0.412 e. The highest BCUT2D eigenvalue weighted by atomic mass is 16.6. The van der Waals surface area contributed by atoms with Crippen molar-refractivity contribution in [2.75, 3.05) is 19.5 Å². The van der Waals surface area contributed by atoms with Crippen molar-refractivity contribution >= 4 is 11.8 Å². The fraction of sp³-hybridized carbons (Fsp3) is 0.471. The highest BCUT2D eigenvalue weighted by Crippen LogP contribution is 2.36. The number of carbonyl (C=O) groups excluding carboxylic acids is 1. The monoisotopic (exact) mass is 305 g/mol. The average Bonchev–Trinajstić information content (AvgIpc) is 2.43. The molecule has 1 amide bonds. The van der Waals surface area contributed by atoms with Crippen LogP contribution >= 0.6 is 0 Å². The topological polar surface area (TPSA) is 56.8 Å². The molecule has 0 aliphatic rings. The van der Waals surface area contributed by atoms with Crippen LogP contribution in [0.5, 0.6) is 11.5 Å². The highest BCUT2D eigenvalue weighted by Gasteiger charge is 2.20. The molecule has 0 bridgehead atoms.